The Kier molecular flexibility index (Phi) is 4.76. The molecule has 0 aliphatic carbocycles. The first kappa shape index (κ1) is 15.7. The highest BCUT2D eigenvalue weighted by atomic mass is 32.2. The Bertz CT molecular complexity index is 626. The molecule has 3 N–H and O–H groups in total. The van der Waals surface area contributed by atoms with Gasteiger partial charge in [-0.25, -0.2) is 13.1 Å². The van der Waals surface area contributed by atoms with Crippen LogP contribution in [0.3, 0.4) is 0 Å². The molecule has 1 aliphatic heterocycles. The van der Waals surface area contributed by atoms with Gasteiger partial charge in [-0.3, -0.25) is 10.1 Å². The first-order valence-corrected chi connectivity index (χ1v) is 8.00. The van der Waals surface area contributed by atoms with Crippen molar-refractivity contribution in [2.45, 2.75) is 17.7 Å². The number of nitrogens with two attached hydrogens (primary N) is 1. The first-order chi connectivity index (χ1) is 9.90. The van der Waals surface area contributed by atoms with E-state index in [1.54, 1.807) is 0 Å². The van der Waals surface area contributed by atoms with E-state index in [2.05, 4.69) is 4.72 Å². The Hall–Kier alpha value is -1.71. The lowest BCUT2D eigenvalue weighted by atomic mass is 10.0. The minimum Gasteiger partial charge on any atom is -0.398 e. The van der Waals surface area contributed by atoms with Gasteiger partial charge in [0.25, 0.3) is 5.69 Å². The minimum atomic E-state index is -3.87. The van der Waals surface area contributed by atoms with Gasteiger partial charge in [0.1, 0.15) is 4.90 Å². The lowest BCUT2D eigenvalue weighted by molar-refractivity contribution is -0.385. The molecule has 1 heterocycles. The molecule has 0 saturated carbocycles. The number of rotatable bonds is 5. The number of nitrogens with zero attached hydrogens (tertiary/aromatic N) is 1. The number of nitrogens with one attached hydrogen (secondary N) is 1. The number of nitro benzene ring substituents is 1. The van der Waals surface area contributed by atoms with E-state index in [1.807, 2.05) is 0 Å². The first-order valence-electron chi connectivity index (χ1n) is 6.51. The zero-order chi connectivity index (χ0) is 15.5. The maximum Gasteiger partial charge on any atom is 0.270 e. The molecule has 116 valence electrons. The summed E-state index contributed by atoms with van der Waals surface area (Å²) in [6.07, 6.45) is 1.57. The van der Waals surface area contributed by atoms with Crippen LogP contribution in [-0.2, 0) is 14.8 Å². The normalized spacial score (nSPS) is 16.8. The third kappa shape index (κ3) is 3.90. The van der Waals surface area contributed by atoms with Crippen LogP contribution in [0.1, 0.15) is 12.8 Å². The third-order valence-electron chi connectivity index (χ3n) is 3.40. The van der Waals surface area contributed by atoms with Gasteiger partial charge >= 0.3 is 0 Å². The van der Waals surface area contributed by atoms with Crippen LogP contribution in [0, 0.1) is 16.0 Å². The van der Waals surface area contributed by atoms with Crippen LogP contribution in [0.4, 0.5) is 11.4 Å². The van der Waals surface area contributed by atoms with Crippen molar-refractivity contribution in [3.05, 3.63) is 28.3 Å². The summed E-state index contributed by atoms with van der Waals surface area (Å²) in [6, 6.07) is 3.37. The van der Waals surface area contributed by atoms with Gasteiger partial charge in [0, 0.05) is 31.9 Å². The quantitative estimate of drug-likeness (QED) is 0.472. The molecule has 9 heteroatoms. The molecule has 1 fully saturated rings. The Morgan fingerprint density at radius 2 is 2.05 bits per heavy atom. The number of nitrogen functional groups attached to an aromatic ring is 1. The van der Waals surface area contributed by atoms with Crippen molar-refractivity contribution < 1.29 is 18.1 Å². The van der Waals surface area contributed by atoms with E-state index in [0.29, 0.717) is 13.2 Å². The van der Waals surface area contributed by atoms with Crippen molar-refractivity contribution in [2.75, 3.05) is 25.5 Å². The molecular formula is C12H17N3O5S. The zero-order valence-electron chi connectivity index (χ0n) is 11.3. The molecular weight excluding hydrogens is 298 g/mol. The van der Waals surface area contributed by atoms with Crippen LogP contribution in [0.15, 0.2) is 23.1 Å². The topological polar surface area (TPSA) is 125 Å². The maximum absolute atomic E-state index is 12.2. The second-order valence-corrected chi connectivity index (χ2v) is 6.62. The van der Waals surface area contributed by atoms with Gasteiger partial charge in [-0.15, -0.1) is 0 Å². The summed E-state index contributed by atoms with van der Waals surface area (Å²) in [5.74, 6) is 0.202. The minimum absolute atomic E-state index is 0.0138. The van der Waals surface area contributed by atoms with Gasteiger partial charge in [-0.1, -0.05) is 0 Å². The standard InChI is InChI=1S/C12H17N3O5S/c13-11-2-1-10(15(16)17)7-12(11)21(18,19)14-8-9-3-5-20-6-4-9/h1-2,7,9,14H,3-6,8,13H2. The second-order valence-electron chi connectivity index (χ2n) is 4.89. The summed E-state index contributed by atoms with van der Waals surface area (Å²) < 4.78 is 32.1. The van der Waals surface area contributed by atoms with E-state index in [4.69, 9.17) is 10.5 Å². The van der Waals surface area contributed by atoms with E-state index < -0.39 is 14.9 Å². The van der Waals surface area contributed by atoms with Crippen LogP contribution in [0.25, 0.3) is 0 Å². The summed E-state index contributed by atoms with van der Waals surface area (Å²) in [6.45, 7) is 1.50. The fourth-order valence-electron chi connectivity index (χ4n) is 2.13. The molecule has 1 aromatic carbocycles. The van der Waals surface area contributed by atoms with Gasteiger partial charge in [0.05, 0.1) is 10.6 Å². The number of hydrogen-bond acceptors (Lipinski definition) is 6. The average Bonchev–Trinajstić information content (AvgIpc) is 2.46. The molecule has 1 saturated heterocycles. The van der Waals surface area contributed by atoms with E-state index in [-0.39, 0.29) is 28.7 Å². The van der Waals surface area contributed by atoms with Crippen molar-refractivity contribution in [1.82, 2.24) is 4.72 Å². The van der Waals surface area contributed by atoms with Crippen LogP contribution in [0.2, 0.25) is 0 Å². The highest BCUT2D eigenvalue weighted by molar-refractivity contribution is 7.89. The van der Waals surface area contributed by atoms with Gasteiger partial charge in [-0.2, -0.15) is 0 Å². The number of anilines is 1. The van der Waals surface area contributed by atoms with Crippen molar-refractivity contribution >= 4 is 21.4 Å². The lowest BCUT2D eigenvalue weighted by Gasteiger charge is -2.22. The van der Waals surface area contributed by atoms with Gasteiger partial charge < -0.3 is 10.5 Å². The number of benzene rings is 1. The Balaban J connectivity index is 2.14. The van der Waals surface area contributed by atoms with Crippen LogP contribution in [0.5, 0.6) is 0 Å². The van der Waals surface area contributed by atoms with Crippen LogP contribution in [-0.4, -0.2) is 33.1 Å². The van der Waals surface area contributed by atoms with Gasteiger partial charge in [0.2, 0.25) is 10.0 Å². The fourth-order valence-corrected chi connectivity index (χ4v) is 3.39. The summed E-state index contributed by atoms with van der Waals surface area (Å²) in [5.41, 5.74) is 5.30. The summed E-state index contributed by atoms with van der Waals surface area (Å²) in [7, 11) is -3.87. The average molecular weight is 315 g/mol. The Morgan fingerprint density at radius 3 is 2.67 bits per heavy atom. The molecule has 1 aromatic rings. The van der Waals surface area contributed by atoms with Crippen LogP contribution >= 0.6 is 0 Å². The number of sulfonamides is 1. The molecule has 1 aliphatic rings. The van der Waals surface area contributed by atoms with Crippen molar-refractivity contribution in [3.63, 3.8) is 0 Å². The molecule has 0 unspecified atom stereocenters. The predicted octanol–water partition coefficient (Wildman–Crippen LogP) is 0.882. The number of ether oxygens (including phenoxy) is 1. The van der Waals surface area contributed by atoms with E-state index >= 15 is 0 Å². The summed E-state index contributed by atoms with van der Waals surface area (Å²) >= 11 is 0. The van der Waals surface area contributed by atoms with Crippen molar-refractivity contribution in [2.24, 2.45) is 5.92 Å². The highest BCUT2D eigenvalue weighted by Crippen LogP contribution is 2.24. The van der Waals surface area contributed by atoms with Gasteiger partial charge in [-0.05, 0) is 24.8 Å². The summed E-state index contributed by atoms with van der Waals surface area (Å²) in [5, 5.41) is 10.7. The van der Waals surface area contributed by atoms with Crippen molar-refractivity contribution in [3.8, 4) is 0 Å². The zero-order valence-corrected chi connectivity index (χ0v) is 12.1. The number of hydrogen-bond donors (Lipinski definition) is 2. The van der Waals surface area contributed by atoms with Gasteiger partial charge in [0.15, 0.2) is 0 Å². The van der Waals surface area contributed by atoms with Crippen LogP contribution < -0.4 is 10.5 Å². The van der Waals surface area contributed by atoms with Crippen molar-refractivity contribution in [1.29, 1.82) is 0 Å². The number of non-ortho nitro benzene ring substituents is 1. The Morgan fingerprint density at radius 1 is 1.38 bits per heavy atom. The molecule has 0 aromatic heterocycles. The molecule has 0 spiro atoms. The van der Waals surface area contributed by atoms with E-state index in [1.165, 1.54) is 12.1 Å². The molecule has 2 rings (SSSR count). The fraction of sp³-hybridized carbons (Fsp3) is 0.500. The van der Waals surface area contributed by atoms with E-state index in [9.17, 15) is 18.5 Å². The SMILES string of the molecule is Nc1ccc([N+](=O)[O-])cc1S(=O)(=O)NCC1CCOCC1. The molecule has 0 radical (unpaired) electrons. The molecule has 21 heavy (non-hydrogen) atoms. The molecule has 0 bridgehead atoms. The maximum atomic E-state index is 12.2. The number of nitro groups is 1. The monoisotopic (exact) mass is 315 g/mol. The molecule has 0 amide bonds. The lowest BCUT2D eigenvalue weighted by Crippen LogP contribution is -2.32. The largest absolute Gasteiger partial charge is 0.398 e. The second kappa shape index (κ2) is 6.37. The molecule has 8 nitrogen and oxygen atoms in total. The molecule has 0 atom stereocenters. The summed E-state index contributed by atoms with van der Waals surface area (Å²) in [4.78, 5) is 9.82. The predicted molar refractivity (Wildman–Crippen MR) is 76.2 cm³/mol. The smallest absolute Gasteiger partial charge is 0.270 e. The Labute approximate surface area is 122 Å². The highest BCUT2D eigenvalue weighted by Gasteiger charge is 2.23. The van der Waals surface area contributed by atoms with E-state index in [0.717, 1.165) is 18.9 Å². The third-order valence-corrected chi connectivity index (χ3v) is 4.88.